The van der Waals surface area contributed by atoms with E-state index in [0.717, 1.165) is 39.0 Å². The molecule has 1 aromatic rings. The van der Waals surface area contributed by atoms with Crippen LogP contribution in [-0.2, 0) is 4.79 Å². The van der Waals surface area contributed by atoms with Crippen molar-refractivity contribution in [2.45, 2.75) is 26.2 Å². The predicted molar refractivity (Wildman–Crippen MR) is 97.6 cm³/mol. The summed E-state index contributed by atoms with van der Waals surface area (Å²) < 4.78 is 0. The number of hydrogen-bond donors (Lipinski definition) is 2. The van der Waals surface area contributed by atoms with Crippen LogP contribution < -0.4 is 10.6 Å². The number of rotatable bonds is 4. The molecule has 1 atom stereocenters. The Kier molecular flexibility index (Phi) is 6.63. The molecule has 0 saturated carbocycles. The standard InChI is InChI=1S/C18H25N3O2.ClH/c1-13(14-11-19-12-14)17(22)20-16-8-4-3-7-15(16)18(23)21-9-5-2-6-10-21;/h3-4,7-8,13-14,19H,2,5-6,9-12H2,1H3,(H,20,22);1H. The SMILES string of the molecule is CC(C(=O)Nc1ccccc1C(=O)N1CCCCC1)C1CNC1.Cl. The Morgan fingerprint density at radius 3 is 2.46 bits per heavy atom. The van der Waals surface area contributed by atoms with Crippen molar-refractivity contribution in [3.8, 4) is 0 Å². The summed E-state index contributed by atoms with van der Waals surface area (Å²) >= 11 is 0. The van der Waals surface area contributed by atoms with Crippen LogP contribution in [0.3, 0.4) is 0 Å². The Bertz CT molecular complexity index is 583. The lowest BCUT2D eigenvalue weighted by atomic mass is 9.88. The summed E-state index contributed by atoms with van der Waals surface area (Å²) in [7, 11) is 0. The molecule has 0 bridgehead atoms. The van der Waals surface area contributed by atoms with Gasteiger partial charge in [0.15, 0.2) is 0 Å². The van der Waals surface area contributed by atoms with Gasteiger partial charge in [-0.25, -0.2) is 0 Å². The van der Waals surface area contributed by atoms with Gasteiger partial charge in [0.1, 0.15) is 0 Å². The number of nitrogens with zero attached hydrogens (tertiary/aromatic N) is 1. The lowest BCUT2D eigenvalue weighted by Crippen LogP contribution is -2.48. The maximum absolute atomic E-state index is 12.7. The normalized spacial score (nSPS) is 19.0. The fourth-order valence-corrected chi connectivity index (χ4v) is 3.17. The second kappa shape index (κ2) is 8.49. The molecule has 5 nitrogen and oxygen atoms in total. The minimum absolute atomic E-state index is 0. The van der Waals surface area contributed by atoms with Crippen molar-refractivity contribution >= 4 is 29.9 Å². The number of hydrogen-bond acceptors (Lipinski definition) is 3. The van der Waals surface area contributed by atoms with Crippen molar-refractivity contribution in [1.29, 1.82) is 0 Å². The minimum atomic E-state index is -0.0469. The Morgan fingerprint density at radius 2 is 1.83 bits per heavy atom. The molecule has 1 unspecified atom stereocenters. The zero-order chi connectivity index (χ0) is 16.2. The molecule has 2 fully saturated rings. The first-order valence-corrected chi connectivity index (χ1v) is 8.56. The zero-order valence-electron chi connectivity index (χ0n) is 14.1. The summed E-state index contributed by atoms with van der Waals surface area (Å²) in [5.41, 5.74) is 1.23. The van der Waals surface area contributed by atoms with Crippen LogP contribution in [0.4, 0.5) is 5.69 Å². The van der Waals surface area contributed by atoms with Crippen molar-refractivity contribution < 1.29 is 9.59 Å². The molecular formula is C18H26ClN3O2. The first-order chi connectivity index (χ1) is 11.2. The summed E-state index contributed by atoms with van der Waals surface area (Å²) in [5.74, 6) is 0.364. The van der Waals surface area contributed by atoms with E-state index in [1.807, 2.05) is 36.1 Å². The molecule has 3 rings (SSSR count). The van der Waals surface area contributed by atoms with Crippen molar-refractivity contribution in [2.75, 3.05) is 31.5 Å². The second-order valence-electron chi connectivity index (χ2n) is 6.59. The number of carbonyl (C=O) groups excluding carboxylic acids is 2. The fourth-order valence-electron chi connectivity index (χ4n) is 3.17. The van der Waals surface area contributed by atoms with E-state index in [-0.39, 0.29) is 30.1 Å². The second-order valence-corrected chi connectivity index (χ2v) is 6.59. The van der Waals surface area contributed by atoms with Gasteiger partial charge in [-0.15, -0.1) is 12.4 Å². The smallest absolute Gasteiger partial charge is 0.255 e. The van der Waals surface area contributed by atoms with Gasteiger partial charge in [-0.05, 0) is 50.4 Å². The number of carbonyl (C=O) groups is 2. The maximum atomic E-state index is 12.7. The monoisotopic (exact) mass is 351 g/mol. The van der Waals surface area contributed by atoms with Gasteiger partial charge < -0.3 is 15.5 Å². The molecular weight excluding hydrogens is 326 g/mol. The van der Waals surface area contributed by atoms with Crippen LogP contribution in [0.2, 0.25) is 0 Å². The Hall–Kier alpha value is -1.59. The molecule has 132 valence electrons. The molecule has 0 aromatic heterocycles. The van der Waals surface area contributed by atoms with Gasteiger partial charge in [0.25, 0.3) is 5.91 Å². The molecule has 0 spiro atoms. The number of nitrogens with one attached hydrogen (secondary N) is 2. The molecule has 2 saturated heterocycles. The van der Waals surface area contributed by atoms with Crippen LogP contribution in [0.5, 0.6) is 0 Å². The van der Waals surface area contributed by atoms with Crippen molar-refractivity contribution in [3.05, 3.63) is 29.8 Å². The van der Waals surface area contributed by atoms with E-state index < -0.39 is 0 Å². The van der Waals surface area contributed by atoms with E-state index in [2.05, 4.69) is 10.6 Å². The summed E-state index contributed by atoms with van der Waals surface area (Å²) in [5, 5.41) is 6.16. The molecule has 2 heterocycles. The molecule has 2 N–H and O–H groups in total. The topological polar surface area (TPSA) is 61.4 Å². The number of anilines is 1. The summed E-state index contributed by atoms with van der Waals surface area (Å²) in [6.45, 7) is 5.36. The molecule has 0 radical (unpaired) electrons. The van der Waals surface area contributed by atoms with Gasteiger partial charge in [0.05, 0.1) is 11.3 Å². The van der Waals surface area contributed by atoms with E-state index in [9.17, 15) is 9.59 Å². The highest BCUT2D eigenvalue weighted by molar-refractivity contribution is 6.04. The van der Waals surface area contributed by atoms with E-state index in [1.165, 1.54) is 6.42 Å². The third kappa shape index (κ3) is 4.08. The van der Waals surface area contributed by atoms with E-state index in [4.69, 9.17) is 0 Å². The van der Waals surface area contributed by atoms with Gasteiger partial charge in [-0.1, -0.05) is 19.1 Å². The maximum Gasteiger partial charge on any atom is 0.255 e. The highest BCUT2D eigenvalue weighted by atomic mass is 35.5. The largest absolute Gasteiger partial charge is 0.339 e. The quantitative estimate of drug-likeness (QED) is 0.876. The average Bonchev–Trinajstić information content (AvgIpc) is 2.54. The summed E-state index contributed by atoms with van der Waals surface area (Å²) in [6, 6.07) is 7.34. The van der Waals surface area contributed by atoms with E-state index in [0.29, 0.717) is 17.2 Å². The predicted octanol–water partition coefficient (Wildman–Crippen LogP) is 2.53. The molecule has 2 aliphatic rings. The van der Waals surface area contributed by atoms with Gasteiger partial charge in [-0.3, -0.25) is 9.59 Å². The number of amides is 2. The van der Waals surface area contributed by atoms with Crippen molar-refractivity contribution in [1.82, 2.24) is 10.2 Å². The van der Waals surface area contributed by atoms with Crippen molar-refractivity contribution in [3.63, 3.8) is 0 Å². The first kappa shape index (κ1) is 18.7. The van der Waals surface area contributed by atoms with Crippen LogP contribution in [0.1, 0.15) is 36.5 Å². The summed E-state index contributed by atoms with van der Waals surface area (Å²) in [4.78, 5) is 27.1. The molecule has 2 aliphatic heterocycles. The third-order valence-electron chi connectivity index (χ3n) is 4.99. The highest BCUT2D eigenvalue weighted by Gasteiger charge is 2.29. The fraction of sp³-hybridized carbons (Fsp3) is 0.556. The van der Waals surface area contributed by atoms with Crippen molar-refractivity contribution in [2.24, 2.45) is 11.8 Å². The number of para-hydroxylation sites is 1. The number of benzene rings is 1. The Balaban J connectivity index is 0.00000208. The van der Waals surface area contributed by atoms with E-state index in [1.54, 1.807) is 0 Å². The highest BCUT2D eigenvalue weighted by Crippen LogP contribution is 2.23. The van der Waals surface area contributed by atoms with Gasteiger partial charge >= 0.3 is 0 Å². The molecule has 2 amide bonds. The number of halogens is 1. The zero-order valence-corrected chi connectivity index (χ0v) is 14.9. The van der Waals surface area contributed by atoms with Crippen LogP contribution >= 0.6 is 12.4 Å². The number of piperidine rings is 1. The van der Waals surface area contributed by atoms with Crippen LogP contribution in [0.15, 0.2) is 24.3 Å². The third-order valence-corrected chi connectivity index (χ3v) is 4.99. The Morgan fingerprint density at radius 1 is 1.17 bits per heavy atom. The molecule has 24 heavy (non-hydrogen) atoms. The molecule has 1 aromatic carbocycles. The van der Waals surface area contributed by atoms with Gasteiger partial charge in [0, 0.05) is 19.0 Å². The first-order valence-electron chi connectivity index (χ1n) is 8.56. The number of likely N-dealkylation sites (tertiary alicyclic amines) is 1. The van der Waals surface area contributed by atoms with Gasteiger partial charge in [-0.2, -0.15) is 0 Å². The lowest BCUT2D eigenvalue weighted by Gasteiger charge is -2.32. The average molecular weight is 352 g/mol. The van der Waals surface area contributed by atoms with Crippen LogP contribution in [-0.4, -0.2) is 42.9 Å². The van der Waals surface area contributed by atoms with E-state index >= 15 is 0 Å². The lowest BCUT2D eigenvalue weighted by molar-refractivity contribution is -0.121. The minimum Gasteiger partial charge on any atom is -0.339 e. The van der Waals surface area contributed by atoms with Crippen LogP contribution in [0.25, 0.3) is 0 Å². The molecule has 0 aliphatic carbocycles. The Labute approximate surface area is 149 Å². The summed E-state index contributed by atoms with van der Waals surface area (Å²) in [6.07, 6.45) is 3.31. The van der Waals surface area contributed by atoms with Gasteiger partial charge in [0.2, 0.25) is 5.91 Å². The molecule has 6 heteroatoms. The van der Waals surface area contributed by atoms with Crippen LogP contribution in [0, 0.1) is 11.8 Å².